The second kappa shape index (κ2) is 7.91. The number of thiophene rings is 1. The highest BCUT2D eigenvalue weighted by molar-refractivity contribution is 7.17. The van der Waals surface area contributed by atoms with Gasteiger partial charge in [-0.3, -0.25) is 9.59 Å². The number of hydrogen-bond donors (Lipinski definition) is 2. The summed E-state index contributed by atoms with van der Waals surface area (Å²) in [7, 11) is 0. The van der Waals surface area contributed by atoms with Crippen LogP contribution in [0.2, 0.25) is 0 Å². The smallest absolute Gasteiger partial charge is 0.266 e. The summed E-state index contributed by atoms with van der Waals surface area (Å²) in [6.45, 7) is 3.87. The van der Waals surface area contributed by atoms with Gasteiger partial charge in [0.25, 0.3) is 11.8 Å². The molecule has 0 spiro atoms. The van der Waals surface area contributed by atoms with Crippen LogP contribution in [0.4, 0.5) is 5.00 Å². The van der Waals surface area contributed by atoms with Gasteiger partial charge in [0.15, 0.2) is 6.10 Å². The minimum absolute atomic E-state index is 0.255. The van der Waals surface area contributed by atoms with Gasteiger partial charge in [0.05, 0.1) is 5.56 Å². The van der Waals surface area contributed by atoms with E-state index in [0.29, 0.717) is 22.7 Å². The van der Waals surface area contributed by atoms with Gasteiger partial charge in [-0.15, -0.1) is 11.3 Å². The standard InChI is InChI=1S/C20H24N2O3S/c1-3-15(25-13-8-6-7-12(2)11-13)19(24)22-20-17(18(21)23)14-9-4-5-10-16(14)26-20/h6-8,11,15H,3-5,9-10H2,1-2H3,(H2,21,23)(H,22,24). The quantitative estimate of drug-likeness (QED) is 0.808. The topological polar surface area (TPSA) is 81.4 Å². The molecule has 0 saturated heterocycles. The number of ether oxygens (including phenoxy) is 1. The summed E-state index contributed by atoms with van der Waals surface area (Å²) in [5.41, 5.74) is 8.15. The van der Waals surface area contributed by atoms with Crippen molar-refractivity contribution in [3.63, 3.8) is 0 Å². The molecule has 0 radical (unpaired) electrons. The van der Waals surface area contributed by atoms with Crippen LogP contribution in [-0.2, 0) is 17.6 Å². The molecule has 2 amide bonds. The van der Waals surface area contributed by atoms with Crippen molar-refractivity contribution >= 4 is 28.2 Å². The zero-order valence-electron chi connectivity index (χ0n) is 15.1. The molecule has 0 bridgehead atoms. The third-order valence-electron chi connectivity index (χ3n) is 4.59. The van der Waals surface area contributed by atoms with Gasteiger partial charge >= 0.3 is 0 Å². The third-order valence-corrected chi connectivity index (χ3v) is 5.79. The van der Waals surface area contributed by atoms with E-state index in [1.807, 2.05) is 38.1 Å². The van der Waals surface area contributed by atoms with Gasteiger partial charge in [-0.25, -0.2) is 0 Å². The zero-order chi connectivity index (χ0) is 18.7. The maximum Gasteiger partial charge on any atom is 0.266 e. The number of carbonyl (C=O) groups is 2. The maximum atomic E-state index is 12.7. The predicted molar refractivity (Wildman–Crippen MR) is 104 cm³/mol. The first-order valence-corrected chi connectivity index (χ1v) is 9.79. The monoisotopic (exact) mass is 372 g/mol. The lowest BCUT2D eigenvalue weighted by molar-refractivity contribution is -0.122. The molecule has 6 heteroatoms. The van der Waals surface area contributed by atoms with Crippen LogP contribution in [0.1, 0.15) is 52.5 Å². The number of hydrogen-bond acceptors (Lipinski definition) is 4. The molecule has 2 aromatic rings. The van der Waals surface area contributed by atoms with Crippen molar-refractivity contribution in [1.82, 2.24) is 0 Å². The minimum atomic E-state index is -0.628. The second-order valence-electron chi connectivity index (χ2n) is 6.60. The minimum Gasteiger partial charge on any atom is -0.481 e. The first-order valence-electron chi connectivity index (χ1n) is 8.98. The number of amides is 2. The molecule has 1 atom stereocenters. The molecule has 5 nitrogen and oxygen atoms in total. The van der Waals surface area contributed by atoms with Crippen molar-refractivity contribution in [2.75, 3.05) is 5.32 Å². The Kier molecular flexibility index (Phi) is 5.61. The first-order chi connectivity index (χ1) is 12.5. The van der Waals surface area contributed by atoms with E-state index in [4.69, 9.17) is 10.5 Å². The number of nitrogens with two attached hydrogens (primary N) is 1. The van der Waals surface area contributed by atoms with Crippen LogP contribution in [0.3, 0.4) is 0 Å². The van der Waals surface area contributed by atoms with Crippen LogP contribution in [0.15, 0.2) is 24.3 Å². The Morgan fingerprint density at radius 3 is 2.77 bits per heavy atom. The molecule has 1 heterocycles. The summed E-state index contributed by atoms with van der Waals surface area (Å²) in [6.07, 6.45) is 3.83. The van der Waals surface area contributed by atoms with Crippen molar-refractivity contribution in [2.24, 2.45) is 5.73 Å². The molecule has 0 fully saturated rings. The molecular weight excluding hydrogens is 348 g/mol. The van der Waals surface area contributed by atoms with E-state index in [1.54, 1.807) is 0 Å². The molecule has 1 aliphatic carbocycles. The van der Waals surface area contributed by atoms with E-state index in [2.05, 4.69) is 5.32 Å². The van der Waals surface area contributed by atoms with Crippen LogP contribution < -0.4 is 15.8 Å². The third kappa shape index (κ3) is 3.90. The number of benzene rings is 1. The Morgan fingerprint density at radius 1 is 1.31 bits per heavy atom. The van der Waals surface area contributed by atoms with E-state index in [9.17, 15) is 9.59 Å². The Morgan fingerprint density at radius 2 is 2.08 bits per heavy atom. The van der Waals surface area contributed by atoms with Gasteiger partial charge < -0.3 is 15.8 Å². The Hall–Kier alpha value is -2.34. The zero-order valence-corrected chi connectivity index (χ0v) is 15.9. The number of fused-ring (bicyclic) bond motifs is 1. The second-order valence-corrected chi connectivity index (χ2v) is 7.70. The number of primary amides is 1. The summed E-state index contributed by atoms with van der Waals surface area (Å²) >= 11 is 1.47. The van der Waals surface area contributed by atoms with Gasteiger partial charge in [0.1, 0.15) is 10.8 Å². The van der Waals surface area contributed by atoms with Gasteiger partial charge in [-0.05, 0) is 62.3 Å². The molecular formula is C20H24N2O3S. The Labute approximate surface area is 157 Å². The molecule has 0 saturated carbocycles. The molecule has 1 aliphatic rings. The molecule has 138 valence electrons. The summed E-state index contributed by atoms with van der Waals surface area (Å²) in [5.74, 6) is -0.0740. The first kappa shape index (κ1) is 18.5. The molecule has 3 N–H and O–H groups in total. The summed E-state index contributed by atoms with van der Waals surface area (Å²) < 4.78 is 5.86. The predicted octanol–water partition coefficient (Wildman–Crippen LogP) is 3.83. The lowest BCUT2D eigenvalue weighted by Gasteiger charge is -2.17. The maximum absolute atomic E-state index is 12.7. The number of rotatable bonds is 6. The highest BCUT2D eigenvalue weighted by atomic mass is 32.1. The fourth-order valence-corrected chi connectivity index (χ4v) is 4.58. The lowest BCUT2D eigenvalue weighted by atomic mass is 9.95. The van der Waals surface area contributed by atoms with E-state index >= 15 is 0 Å². The van der Waals surface area contributed by atoms with E-state index < -0.39 is 12.0 Å². The van der Waals surface area contributed by atoms with Crippen LogP contribution in [0.25, 0.3) is 0 Å². The van der Waals surface area contributed by atoms with Crippen molar-refractivity contribution in [2.45, 2.75) is 52.1 Å². The van der Waals surface area contributed by atoms with E-state index in [-0.39, 0.29) is 5.91 Å². The SMILES string of the molecule is CCC(Oc1cccc(C)c1)C(=O)Nc1sc2c(c1C(N)=O)CCCC2. The Bertz CT molecular complexity index is 828. The van der Waals surface area contributed by atoms with Gasteiger partial charge in [0.2, 0.25) is 0 Å². The van der Waals surface area contributed by atoms with Crippen LogP contribution in [-0.4, -0.2) is 17.9 Å². The summed E-state index contributed by atoms with van der Waals surface area (Å²) in [6, 6.07) is 7.60. The van der Waals surface area contributed by atoms with Gasteiger partial charge in [-0.2, -0.15) is 0 Å². The number of aryl methyl sites for hydroxylation is 2. The van der Waals surface area contributed by atoms with Crippen LogP contribution in [0, 0.1) is 6.92 Å². The normalized spacial score (nSPS) is 14.4. The van der Waals surface area contributed by atoms with Crippen molar-refractivity contribution in [1.29, 1.82) is 0 Å². The Balaban J connectivity index is 1.80. The average Bonchev–Trinajstić information content (AvgIpc) is 2.97. The lowest BCUT2D eigenvalue weighted by Crippen LogP contribution is -2.32. The molecule has 1 aromatic carbocycles. The fraction of sp³-hybridized carbons (Fsp3) is 0.400. The summed E-state index contributed by atoms with van der Waals surface area (Å²) in [4.78, 5) is 25.8. The molecule has 26 heavy (non-hydrogen) atoms. The highest BCUT2D eigenvalue weighted by Gasteiger charge is 2.27. The van der Waals surface area contributed by atoms with Crippen molar-refractivity contribution < 1.29 is 14.3 Å². The number of nitrogens with one attached hydrogen (secondary N) is 1. The van der Waals surface area contributed by atoms with E-state index in [1.165, 1.54) is 11.3 Å². The highest BCUT2D eigenvalue weighted by Crippen LogP contribution is 2.38. The van der Waals surface area contributed by atoms with Crippen LogP contribution in [0.5, 0.6) is 5.75 Å². The van der Waals surface area contributed by atoms with Gasteiger partial charge in [-0.1, -0.05) is 19.1 Å². The molecule has 0 aliphatic heterocycles. The van der Waals surface area contributed by atoms with Crippen molar-refractivity contribution in [3.05, 3.63) is 45.8 Å². The largest absolute Gasteiger partial charge is 0.481 e. The fourth-order valence-electron chi connectivity index (χ4n) is 3.28. The van der Waals surface area contributed by atoms with Crippen LogP contribution >= 0.6 is 11.3 Å². The summed E-state index contributed by atoms with van der Waals surface area (Å²) in [5, 5.41) is 3.44. The molecule has 1 unspecified atom stereocenters. The van der Waals surface area contributed by atoms with Crippen molar-refractivity contribution in [3.8, 4) is 5.75 Å². The number of anilines is 1. The molecule has 3 rings (SSSR count). The van der Waals surface area contributed by atoms with Gasteiger partial charge in [0, 0.05) is 4.88 Å². The number of carbonyl (C=O) groups excluding carboxylic acids is 2. The molecule has 1 aromatic heterocycles. The average molecular weight is 372 g/mol. The van der Waals surface area contributed by atoms with E-state index in [0.717, 1.165) is 41.7 Å².